The van der Waals surface area contributed by atoms with Crippen molar-refractivity contribution in [2.75, 3.05) is 0 Å². The molecule has 1 aromatic heterocycles. The summed E-state index contributed by atoms with van der Waals surface area (Å²) in [5, 5.41) is 11.3. The molecule has 3 aromatic rings. The highest BCUT2D eigenvalue weighted by molar-refractivity contribution is 6.30. The first-order valence-electron chi connectivity index (χ1n) is 8.63. The number of aliphatic hydroxyl groups excluding tert-OH is 1. The minimum absolute atomic E-state index is 0.231. The van der Waals surface area contributed by atoms with E-state index in [1.165, 1.54) is 0 Å². The van der Waals surface area contributed by atoms with Crippen LogP contribution in [0.25, 0.3) is 5.57 Å². The second-order valence-corrected chi connectivity index (χ2v) is 7.03. The van der Waals surface area contributed by atoms with Crippen LogP contribution >= 0.6 is 11.6 Å². The van der Waals surface area contributed by atoms with Crippen LogP contribution in [-0.2, 0) is 11.3 Å². The third-order valence-corrected chi connectivity index (χ3v) is 5.01. The van der Waals surface area contributed by atoms with Crippen molar-refractivity contribution in [3.05, 3.63) is 100 Å². The van der Waals surface area contributed by atoms with Crippen LogP contribution in [0.5, 0.6) is 0 Å². The van der Waals surface area contributed by atoms with Gasteiger partial charge in [0.1, 0.15) is 5.76 Å². The number of rotatable bonds is 4. The van der Waals surface area contributed by atoms with Gasteiger partial charge >= 0.3 is 0 Å². The summed E-state index contributed by atoms with van der Waals surface area (Å²) in [5.41, 5.74) is 3.39. The minimum atomic E-state index is -0.428. The average molecular weight is 380 g/mol. The van der Waals surface area contributed by atoms with E-state index in [-0.39, 0.29) is 12.3 Å². The van der Waals surface area contributed by atoms with E-state index in [2.05, 4.69) is 0 Å². The van der Waals surface area contributed by atoms with Gasteiger partial charge in [-0.25, -0.2) is 0 Å². The van der Waals surface area contributed by atoms with E-state index in [4.69, 9.17) is 16.0 Å². The zero-order valence-electron chi connectivity index (χ0n) is 14.7. The Labute approximate surface area is 162 Å². The molecule has 4 nitrogen and oxygen atoms in total. The Morgan fingerprint density at radius 2 is 1.78 bits per heavy atom. The number of carbonyl (C=O) groups excluding carboxylic acids is 1. The lowest BCUT2D eigenvalue weighted by Gasteiger charge is -2.26. The third kappa shape index (κ3) is 3.24. The van der Waals surface area contributed by atoms with E-state index in [0.717, 1.165) is 16.7 Å². The molecule has 0 spiro atoms. The number of halogens is 1. The molecule has 1 N–H and O–H groups in total. The van der Waals surface area contributed by atoms with Crippen molar-refractivity contribution in [3.63, 3.8) is 0 Å². The predicted octanol–water partition coefficient (Wildman–Crippen LogP) is 5.29. The molecule has 4 rings (SSSR count). The number of nitrogens with zero attached hydrogens (tertiary/aromatic N) is 1. The van der Waals surface area contributed by atoms with Gasteiger partial charge in [0.15, 0.2) is 5.76 Å². The summed E-state index contributed by atoms with van der Waals surface area (Å²) >= 11 is 6.04. The number of benzene rings is 2. The summed E-state index contributed by atoms with van der Waals surface area (Å²) in [6.07, 6.45) is 1.57. The standard InChI is InChI=1S/C22H18ClNO3/c1-14-4-6-15(7-5-14)19-20(16-8-10-17(23)11-9-16)24(22(26)21(19)25)13-18-3-2-12-27-18/h2-12,20,25H,13H2,1H3. The monoisotopic (exact) mass is 379 g/mol. The zero-order chi connectivity index (χ0) is 19.0. The lowest BCUT2D eigenvalue weighted by atomic mass is 9.93. The van der Waals surface area contributed by atoms with Crippen LogP contribution in [0.1, 0.15) is 28.5 Å². The Morgan fingerprint density at radius 3 is 2.41 bits per heavy atom. The molecule has 5 heteroatoms. The van der Waals surface area contributed by atoms with Crippen molar-refractivity contribution in [1.29, 1.82) is 0 Å². The normalized spacial score (nSPS) is 17.0. The van der Waals surface area contributed by atoms with Crippen molar-refractivity contribution in [3.8, 4) is 0 Å². The van der Waals surface area contributed by atoms with E-state index < -0.39 is 11.9 Å². The quantitative estimate of drug-likeness (QED) is 0.669. The molecule has 0 aliphatic carbocycles. The minimum Gasteiger partial charge on any atom is -0.503 e. The van der Waals surface area contributed by atoms with Crippen LogP contribution in [0, 0.1) is 6.92 Å². The van der Waals surface area contributed by atoms with E-state index in [1.54, 1.807) is 29.4 Å². The molecule has 2 aromatic carbocycles. The highest BCUT2D eigenvalue weighted by atomic mass is 35.5. The SMILES string of the molecule is Cc1ccc(C2=C(O)C(=O)N(Cc3ccco3)C2c2ccc(Cl)cc2)cc1. The predicted molar refractivity (Wildman–Crippen MR) is 104 cm³/mol. The molecule has 1 aliphatic heterocycles. The van der Waals surface area contributed by atoms with Gasteiger partial charge in [-0.2, -0.15) is 0 Å². The summed E-state index contributed by atoms with van der Waals surface area (Å²) in [6, 6.07) is 18.3. The van der Waals surface area contributed by atoms with Crippen molar-refractivity contribution in [2.24, 2.45) is 0 Å². The molecule has 1 atom stereocenters. The number of carbonyl (C=O) groups is 1. The molecule has 1 unspecified atom stereocenters. The second-order valence-electron chi connectivity index (χ2n) is 6.59. The molecule has 0 bridgehead atoms. The van der Waals surface area contributed by atoms with Crippen molar-refractivity contribution < 1.29 is 14.3 Å². The number of hydrogen-bond donors (Lipinski definition) is 1. The summed E-state index contributed by atoms with van der Waals surface area (Å²) in [4.78, 5) is 14.5. The van der Waals surface area contributed by atoms with Crippen LogP contribution in [0.2, 0.25) is 5.02 Å². The van der Waals surface area contributed by atoms with Crippen molar-refractivity contribution in [1.82, 2.24) is 4.90 Å². The summed E-state index contributed by atoms with van der Waals surface area (Å²) in [5.74, 6) is 0.00699. The molecule has 1 amide bonds. The topological polar surface area (TPSA) is 53.7 Å². The van der Waals surface area contributed by atoms with Gasteiger partial charge in [-0.1, -0.05) is 53.6 Å². The van der Waals surface area contributed by atoms with Gasteiger partial charge in [0, 0.05) is 10.6 Å². The number of aryl methyl sites for hydroxylation is 1. The molecule has 0 fully saturated rings. The molecule has 0 saturated carbocycles. The summed E-state index contributed by atoms with van der Waals surface area (Å²) in [6.45, 7) is 2.26. The Morgan fingerprint density at radius 1 is 1.07 bits per heavy atom. The first-order chi connectivity index (χ1) is 13.0. The van der Waals surface area contributed by atoms with Gasteiger partial charge in [-0.05, 0) is 42.3 Å². The fourth-order valence-corrected chi connectivity index (χ4v) is 3.53. The van der Waals surface area contributed by atoms with Crippen molar-refractivity contribution >= 4 is 23.1 Å². The maximum Gasteiger partial charge on any atom is 0.290 e. The molecule has 0 radical (unpaired) electrons. The molecule has 0 saturated heterocycles. The molecular weight excluding hydrogens is 362 g/mol. The largest absolute Gasteiger partial charge is 0.503 e. The van der Waals surface area contributed by atoms with E-state index >= 15 is 0 Å². The van der Waals surface area contributed by atoms with E-state index in [9.17, 15) is 9.90 Å². The first kappa shape index (κ1) is 17.4. The molecular formula is C22H18ClNO3. The van der Waals surface area contributed by atoms with Gasteiger partial charge in [0.2, 0.25) is 0 Å². The van der Waals surface area contributed by atoms with Crippen molar-refractivity contribution in [2.45, 2.75) is 19.5 Å². The van der Waals surface area contributed by atoms with Gasteiger partial charge in [-0.15, -0.1) is 0 Å². The third-order valence-electron chi connectivity index (χ3n) is 4.76. The molecule has 2 heterocycles. The summed E-state index contributed by atoms with van der Waals surface area (Å²) in [7, 11) is 0. The number of aliphatic hydroxyl groups is 1. The summed E-state index contributed by atoms with van der Waals surface area (Å²) < 4.78 is 5.42. The Balaban J connectivity index is 1.82. The highest BCUT2D eigenvalue weighted by Crippen LogP contribution is 2.43. The Bertz CT molecular complexity index is 989. The van der Waals surface area contributed by atoms with Gasteiger partial charge in [0.05, 0.1) is 18.8 Å². The Kier molecular flexibility index (Phi) is 4.50. The maximum absolute atomic E-state index is 12.9. The van der Waals surface area contributed by atoms with Crippen LogP contribution in [0.4, 0.5) is 0 Å². The fraction of sp³-hybridized carbons (Fsp3) is 0.136. The number of amides is 1. The van der Waals surface area contributed by atoms with E-state index in [0.29, 0.717) is 16.4 Å². The lowest BCUT2D eigenvalue weighted by molar-refractivity contribution is -0.130. The second kappa shape index (κ2) is 6.97. The first-order valence-corrected chi connectivity index (χ1v) is 9.01. The molecule has 1 aliphatic rings. The fourth-order valence-electron chi connectivity index (χ4n) is 3.41. The Hall–Kier alpha value is -2.98. The van der Waals surface area contributed by atoms with Crippen LogP contribution in [-0.4, -0.2) is 15.9 Å². The van der Waals surface area contributed by atoms with Gasteiger partial charge in [0.25, 0.3) is 5.91 Å². The van der Waals surface area contributed by atoms with Gasteiger partial charge in [-0.3, -0.25) is 4.79 Å². The zero-order valence-corrected chi connectivity index (χ0v) is 15.5. The average Bonchev–Trinajstić information content (AvgIpc) is 3.26. The molecule has 27 heavy (non-hydrogen) atoms. The number of furan rings is 1. The van der Waals surface area contributed by atoms with Gasteiger partial charge < -0.3 is 14.4 Å². The van der Waals surface area contributed by atoms with E-state index in [1.807, 2.05) is 49.4 Å². The van der Waals surface area contributed by atoms with Crippen LogP contribution in [0.15, 0.2) is 77.1 Å². The smallest absolute Gasteiger partial charge is 0.290 e. The van der Waals surface area contributed by atoms with Crippen LogP contribution in [0.3, 0.4) is 0 Å². The highest BCUT2D eigenvalue weighted by Gasteiger charge is 2.41. The lowest BCUT2D eigenvalue weighted by Crippen LogP contribution is -2.29. The van der Waals surface area contributed by atoms with Crippen LogP contribution < -0.4 is 0 Å². The number of hydrogen-bond acceptors (Lipinski definition) is 3. The molecule has 136 valence electrons. The maximum atomic E-state index is 12.9.